The number of aromatic nitrogens is 2. The van der Waals surface area contributed by atoms with Crippen LogP contribution >= 0.6 is 11.3 Å². The lowest BCUT2D eigenvalue weighted by atomic mass is 10.3. The molecule has 2 rings (SSSR count). The van der Waals surface area contributed by atoms with Crippen molar-refractivity contribution in [3.63, 3.8) is 0 Å². The van der Waals surface area contributed by atoms with Crippen molar-refractivity contribution in [3.05, 3.63) is 35.4 Å². The molecule has 2 heterocycles. The summed E-state index contributed by atoms with van der Waals surface area (Å²) in [5, 5.41) is 2.37. The van der Waals surface area contributed by atoms with Crippen LogP contribution in [0.2, 0.25) is 0 Å². The minimum atomic E-state index is -0.523. The van der Waals surface area contributed by atoms with Gasteiger partial charge in [0.2, 0.25) is 6.29 Å². The van der Waals surface area contributed by atoms with Crippen molar-refractivity contribution in [3.8, 4) is 10.6 Å². The monoisotopic (exact) mass is 254 g/mol. The van der Waals surface area contributed by atoms with Gasteiger partial charge in [-0.05, 0) is 6.07 Å². The number of hydrogen-bond donors (Lipinski definition) is 0. The van der Waals surface area contributed by atoms with E-state index in [-0.39, 0.29) is 5.82 Å². The molecule has 90 valence electrons. The summed E-state index contributed by atoms with van der Waals surface area (Å²) < 4.78 is 23.7. The third-order valence-electron chi connectivity index (χ3n) is 2.19. The van der Waals surface area contributed by atoms with Crippen molar-refractivity contribution < 1.29 is 13.9 Å². The van der Waals surface area contributed by atoms with E-state index in [0.717, 1.165) is 0 Å². The lowest BCUT2D eigenvalue weighted by molar-refractivity contribution is -0.108. The van der Waals surface area contributed by atoms with E-state index in [1.165, 1.54) is 38.0 Å². The Labute approximate surface area is 102 Å². The molecule has 0 fully saturated rings. The van der Waals surface area contributed by atoms with E-state index in [2.05, 4.69) is 9.97 Å². The molecule has 0 saturated carbocycles. The molecule has 0 saturated heterocycles. The molecule has 0 aromatic carbocycles. The smallest absolute Gasteiger partial charge is 0.201 e. The SMILES string of the molecule is COC(OC)c1csc(-c2ccncc2F)n1. The standard InChI is InChI=1S/C11H11FN2O2S/c1-15-11(16-2)9-6-17-10(14-9)7-3-4-13-5-8(7)12/h3-6,11H,1-2H3. The summed E-state index contributed by atoms with van der Waals surface area (Å²) in [6.07, 6.45) is 2.18. The van der Waals surface area contributed by atoms with Gasteiger partial charge >= 0.3 is 0 Å². The molecule has 0 N–H and O–H groups in total. The lowest BCUT2D eigenvalue weighted by Gasteiger charge is -2.09. The lowest BCUT2D eigenvalue weighted by Crippen LogP contribution is -2.03. The third kappa shape index (κ3) is 2.49. The van der Waals surface area contributed by atoms with Crippen molar-refractivity contribution in [2.45, 2.75) is 6.29 Å². The number of halogens is 1. The molecule has 0 aliphatic rings. The van der Waals surface area contributed by atoms with E-state index in [9.17, 15) is 4.39 Å². The third-order valence-corrected chi connectivity index (χ3v) is 3.09. The summed E-state index contributed by atoms with van der Waals surface area (Å²) >= 11 is 1.34. The Morgan fingerprint density at radius 1 is 1.35 bits per heavy atom. The number of rotatable bonds is 4. The molecule has 2 aromatic rings. The van der Waals surface area contributed by atoms with Crippen molar-refractivity contribution in [2.75, 3.05) is 14.2 Å². The first-order valence-electron chi connectivity index (χ1n) is 4.87. The quantitative estimate of drug-likeness (QED) is 0.787. The Morgan fingerprint density at radius 3 is 2.76 bits per heavy atom. The zero-order valence-electron chi connectivity index (χ0n) is 9.38. The second-order valence-corrected chi connectivity index (χ2v) is 4.09. The minimum absolute atomic E-state index is 0.389. The van der Waals surface area contributed by atoms with Crippen molar-refractivity contribution in [1.82, 2.24) is 9.97 Å². The fourth-order valence-corrected chi connectivity index (χ4v) is 2.25. The van der Waals surface area contributed by atoms with E-state index in [0.29, 0.717) is 16.3 Å². The summed E-state index contributed by atoms with van der Waals surface area (Å²) in [6, 6.07) is 1.59. The van der Waals surface area contributed by atoms with E-state index in [1.54, 1.807) is 11.4 Å². The summed E-state index contributed by atoms with van der Waals surface area (Å²) in [4.78, 5) is 7.98. The number of ether oxygens (including phenoxy) is 2. The summed E-state index contributed by atoms with van der Waals surface area (Å²) in [6.45, 7) is 0. The molecule has 0 aliphatic carbocycles. The van der Waals surface area contributed by atoms with E-state index < -0.39 is 6.29 Å². The number of nitrogens with zero attached hydrogens (tertiary/aromatic N) is 2. The van der Waals surface area contributed by atoms with Gasteiger partial charge < -0.3 is 9.47 Å². The van der Waals surface area contributed by atoms with Gasteiger partial charge in [0.15, 0.2) is 5.82 Å². The maximum atomic E-state index is 13.5. The van der Waals surface area contributed by atoms with Gasteiger partial charge in [-0.3, -0.25) is 4.98 Å². The van der Waals surface area contributed by atoms with Gasteiger partial charge in [-0.2, -0.15) is 0 Å². The Kier molecular flexibility index (Phi) is 3.78. The molecule has 0 atom stereocenters. The van der Waals surface area contributed by atoms with Crippen LogP contribution in [-0.4, -0.2) is 24.2 Å². The van der Waals surface area contributed by atoms with Gasteiger partial charge in [-0.1, -0.05) is 0 Å². The molecule has 0 amide bonds. The van der Waals surface area contributed by atoms with Crippen LogP contribution in [0.3, 0.4) is 0 Å². The number of pyridine rings is 1. The zero-order valence-corrected chi connectivity index (χ0v) is 10.2. The average Bonchev–Trinajstić information content (AvgIpc) is 2.81. The Morgan fingerprint density at radius 2 is 2.12 bits per heavy atom. The number of thiazole rings is 1. The van der Waals surface area contributed by atoms with Gasteiger partial charge in [-0.25, -0.2) is 9.37 Å². The molecule has 4 nitrogen and oxygen atoms in total. The molecule has 0 bridgehead atoms. The van der Waals surface area contributed by atoms with Gasteiger partial charge in [0.1, 0.15) is 10.7 Å². The Bertz CT molecular complexity index is 500. The van der Waals surface area contributed by atoms with Crippen molar-refractivity contribution >= 4 is 11.3 Å². The number of methoxy groups -OCH3 is 2. The second kappa shape index (κ2) is 5.31. The fourth-order valence-electron chi connectivity index (χ4n) is 1.40. The molecule has 17 heavy (non-hydrogen) atoms. The van der Waals surface area contributed by atoms with Crippen LogP contribution in [0.1, 0.15) is 12.0 Å². The minimum Gasteiger partial charge on any atom is -0.350 e. The van der Waals surface area contributed by atoms with Gasteiger partial charge in [-0.15, -0.1) is 11.3 Å². The van der Waals surface area contributed by atoms with Crippen LogP contribution in [0.25, 0.3) is 10.6 Å². The predicted molar refractivity (Wildman–Crippen MR) is 62.1 cm³/mol. The summed E-state index contributed by atoms with van der Waals surface area (Å²) in [7, 11) is 3.06. The van der Waals surface area contributed by atoms with E-state index >= 15 is 0 Å². The zero-order chi connectivity index (χ0) is 12.3. The molecular formula is C11H11FN2O2S. The van der Waals surface area contributed by atoms with Crippen LogP contribution in [0.4, 0.5) is 4.39 Å². The first-order chi connectivity index (χ1) is 8.26. The van der Waals surface area contributed by atoms with Crippen LogP contribution in [0.15, 0.2) is 23.8 Å². The number of hydrogen-bond acceptors (Lipinski definition) is 5. The largest absolute Gasteiger partial charge is 0.350 e. The molecule has 0 unspecified atom stereocenters. The normalized spacial score (nSPS) is 11.1. The fraction of sp³-hybridized carbons (Fsp3) is 0.273. The van der Waals surface area contributed by atoms with Gasteiger partial charge in [0.05, 0.1) is 6.20 Å². The Hall–Kier alpha value is -1.37. The first-order valence-corrected chi connectivity index (χ1v) is 5.75. The van der Waals surface area contributed by atoms with Crippen LogP contribution in [0.5, 0.6) is 0 Å². The van der Waals surface area contributed by atoms with Crippen LogP contribution < -0.4 is 0 Å². The highest BCUT2D eigenvalue weighted by molar-refractivity contribution is 7.13. The maximum absolute atomic E-state index is 13.5. The predicted octanol–water partition coefficient (Wildman–Crippen LogP) is 2.64. The van der Waals surface area contributed by atoms with E-state index in [1.807, 2.05) is 0 Å². The molecule has 0 radical (unpaired) electrons. The van der Waals surface area contributed by atoms with Gasteiger partial charge in [0.25, 0.3) is 0 Å². The summed E-state index contributed by atoms with van der Waals surface area (Å²) in [5.74, 6) is -0.389. The topological polar surface area (TPSA) is 44.2 Å². The highest BCUT2D eigenvalue weighted by atomic mass is 32.1. The molecule has 0 aliphatic heterocycles. The molecular weight excluding hydrogens is 243 g/mol. The summed E-state index contributed by atoms with van der Waals surface area (Å²) in [5.41, 5.74) is 1.06. The molecule has 0 spiro atoms. The highest BCUT2D eigenvalue weighted by Gasteiger charge is 2.15. The van der Waals surface area contributed by atoms with Gasteiger partial charge in [0, 0.05) is 31.4 Å². The van der Waals surface area contributed by atoms with Crippen molar-refractivity contribution in [2.24, 2.45) is 0 Å². The average molecular weight is 254 g/mol. The molecule has 6 heteroatoms. The van der Waals surface area contributed by atoms with Crippen LogP contribution in [-0.2, 0) is 9.47 Å². The van der Waals surface area contributed by atoms with Crippen molar-refractivity contribution in [1.29, 1.82) is 0 Å². The van der Waals surface area contributed by atoms with Crippen LogP contribution in [0, 0.1) is 5.82 Å². The first kappa shape index (κ1) is 12.1. The maximum Gasteiger partial charge on any atom is 0.201 e. The highest BCUT2D eigenvalue weighted by Crippen LogP contribution is 2.28. The van der Waals surface area contributed by atoms with E-state index in [4.69, 9.17) is 9.47 Å². The second-order valence-electron chi connectivity index (χ2n) is 3.24. The molecule has 2 aromatic heterocycles. The Balaban J connectivity index is 2.33.